The Morgan fingerprint density at radius 3 is 2.88 bits per heavy atom. The minimum absolute atomic E-state index is 0.307. The van der Waals surface area contributed by atoms with E-state index < -0.39 is 6.04 Å². The average Bonchev–Trinajstić information content (AvgIpc) is 3.20. The van der Waals surface area contributed by atoms with Gasteiger partial charge in [0, 0.05) is 11.6 Å². The van der Waals surface area contributed by atoms with Crippen LogP contribution in [-0.4, -0.2) is 32.1 Å². The Kier molecular flexibility index (Phi) is 5.99. The molecule has 0 spiro atoms. The fourth-order valence-electron chi connectivity index (χ4n) is 2.20. The molecule has 26 heavy (non-hydrogen) atoms. The van der Waals surface area contributed by atoms with E-state index in [0.717, 1.165) is 11.8 Å². The summed E-state index contributed by atoms with van der Waals surface area (Å²) in [6.45, 7) is 1.61. The molecule has 1 aromatic carbocycles. The molecule has 1 saturated heterocycles. The number of hydrogen-bond donors (Lipinski definition) is 1. The van der Waals surface area contributed by atoms with Crippen LogP contribution in [0.2, 0.25) is 10.0 Å². The van der Waals surface area contributed by atoms with Crippen molar-refractivity contribution in [3.63, 3.8) is 0 Å². The molecule has 2 aromatic rings. The van der Waals surface area contributed by atoms with Crippen molar-refractivity contribution in [2.24, 2.45) is 0 Å². The van der Waals surface area contributed by atoms with Crippen LogP contribution >= 0.6 is 58.5 Å². The molecule has 10 heteroatoms. The third-order valence-corrected chi connectivity index (χ3v) is 6.37. The second-order valence-corrected chi connectivity index (χ2v) is 8.55. The highest BCUT2D eigenvalue weighted by Gasteiger charge is 2.38. The van der Waals surface area contributed by atoms with Gasteiger partial charge in [-0.1, -0.05) is 59.3 Å². The minimum atomic E-state index is -0.771. The summed E-state index contributed by atoms with van der Waals surface area (Å²) in [5, 5.41) is 5.63. The number of halogens is 2. The highest BCUT2D eigenvalue weighted by Crippen LogP contribution is 2.36. The van der Waals surface area contributed by atoms with Gasteiger partial charge in [0.25, 0.3) is 5.91 Å². The van der Waals surface area contributed by atoms with E-state index in [1.54, 1.807) is 42.8 Å². The fourth-order valence-corrected chi connectivity index (χ4v) is 4.50. The van der Waals surface area contributed by atoms with Crippen molar-refractivity contribution in [1.29, 1.82) is 0 Å². The van der Waals surface area contributed by atoms with Gasteiger partial charge in [-0.2, -0.15) is 0 Å². The van der Waals surface area contributed by atoms with Crippen LogP contribution < -0.4 is 5.32 Å². The van der Waals surface area contributed by atoms with Gasteiger partial charge >= 0.3 is 0 Å². The summed E-state index contributed by atoms with van der Waals surface area (Å²) >= 11 is 19.9. The van der Waals surface area contributed by atoms with Gasteiger partial charge < -0.3 is 5.32 Å². The predicted molar refractivity (Wildman–Crippen MR) is 112 cm³/mol. The van der Waals surface area contributed by atoms with Gasteiger partial charge in [0.2, 0.25) is 5.91 Å². The number of aromatic nitrogens is 1. The minimum Gasteiger partial charge on any atom is -0.300 e. The molecule has 1 N–H and O–H groups in total. The average molecular weight is 444 g/mol. The van der Waals surface area contributed by atoms with Crippen LogP contribution in [0.5, 0.6) is 0 Å². The number of carbonyl (C=O) groups is 2. The summed E-state index contributed by atoms with van der Waals surface area (Å²) < 4.78 is 0.307. The first-order valence-electron chi connectivity index (χ1n) is 7.30. The number of carbonyl (C=O) groups excluding carboxylic acids is 2. The van der Waals surface area contributed by atoms with Gasteiger partial charge in [0.05, 0.1) is 15.0 Å². The SMILES string of the molecule is CC(C(=O)Nc1nccs1)N1C(=O)/C(=C/c2cccc(Cl)c2Cl)SC1=S. The highest BCUT2D eigenvalue weighted by molar-refractivity contribution is 8.26. The number of nitrogens with zero attached hydrogens (tertiary/aromatic N) is 2. The van der Waals surface area contributed by atoms with Gasteiger partial charge in [0.15, 0.2) is 5.13 Å². The van der Waals surface area contributed by atoms with Crippen LogP contribution in [0.4, 0.5) is 5.13 Å². The van der Waals surface area contributed by atoms with Crippen LogP contribution in [0.3, 0.4) is 0 Å². The molecule has 3 rings (SSSR count). The number of nitrogens with one attached hydrogen (secondary N) is 1. The maximum absolute atomic E-state index is 12.7. The molecule has 1 unspecified atom stereocenters. The third-order valence-electron chi connectivity index (χ3n) is 3.52. The number of anilines is 1. The lowest BCUT2D eigenvalue weighted by atomic mass is 10.2. The first-order chi connectivity index (χ1) is 12.4. The lowest BCUT2D eigenvalue weighted by Gasteiger charge is -2.21. The maximum atomic E-state index is 12.7. The van der Waals surface area contributed by atoms with E-state index in [4.69, 9.17) is 35.4 Å². The Labute approximate surface area is 173 Å². The summed E-state index contributed by atoms with van der Waals surface area (Å²) in [5.74, 6) is -0.712. The van der Waals surface area contributed by atoms with Gasteiger partial charge in [-0.25, -0.2) is 4.98 Å². The normalized spacial score (nSPS) is 17.0. The first-order valence-corrected chi connectivity index (χ1v) is 10.2. The van der Waals surface area contributed by atoms with Crippen molar-refractivity contribution in [1.82, 2.24) is 9.88 Å². The molecule has 2 heterocycles. The van der Waals surface area contributed by atoms with E-state index in [2.05, 4.69) is 10.3 Å². The van der Waals surface area contributed by atoms with Crippen LogP contribution in [0.1, 0.15) is 12.5 Å². The van der Waals surface area contributed by atoms with Gasteiger partial charge in [-0.15, -0.1) is 11.3 Å². The zero-order valence-corrected chi connectivity index (χ0v) is 17.2. The number of thioether (sulfide) groups is 1. The zero-order valence-electron chi connectivity index (χ0n) is 13.2. The standard InChI is InChI=1S/C16H11Cl2N3O2S3/c1-8(13(22)20-15-19-5-6-25-15)21-14(23)11(26-16(21)24)7-9-3-2-4-10(17)12(9)18/h2-8H,1H3,(H,19,20,22)/b11-7-. The van der Waals surface area contributed by atoms with E-state index in [0.29, 0.717) is 30.0 Å². The molecule has 0 radical (unpaired) electrons. The summed E-state index contributed by atoms with van der Waals surface area (Å²) in [7, 11) is 0. The van der Waals surface area contributed by atoms with Crippen LogP contribution in [0, 0.1) is 0 Å². The van der Waals surface area contributed by atoms with Crippen molar-refractivity contribution < 1.29 is 9.59 Å². The van der Waals surface area contributed by atoms with E-state index in [-0.39, 0.29) is 11.8 Å². The molecule has 1 aliphatic heterocycles. The second kappa shape index (κ2) is 8.06. The first kappa shape index (κ1) is 19.3. The van der Waals surface area contributed by atoms with Crippen LogP contribution in [0.25, 0.3) is 6.08 Å². The molecule has 2 amide bonds. The lowest BCUT2D eigenvalue weighted by molar-refractivity contribution is -0.129. The van der Waals surface area contributed by atoms with Crippen LogP contribution in [-0.2, 0) is 9.59 Å². The highest BCUT2D eigenvalue weighted by atomic mass is 35.5. The van der Waals surface area contributed by atoms with Crippen LogP contribution in [0.15, 0.2) is 34.7 Å². The molecule has 0 aliphatic carbocycles. The molecule has 1 aliphatic rings. The summed E-state index contributed by atoms with van der Waals surface area (Å²) in [4.78, 5) is 30.8. The molecule has 5 nitrogen and oxygen atoms in total. The predicted octanol–water partition coefficient (Wildman–Crippen LogP) is 4.68. The van der Waals surface area contributed by atoms with E-state index in [9.17, 15) is 9.59 Å². The number of hydrogen-bond acceptors (Lipinski definition) is 6. The molecular weight excluding hydrogens is 433 g/mol. The third kappa shape index (κ3) is 3.94. The quantitative estimate of drug-likeness (QED) is 0.548. The molecular formula is C16H11Cl2N3O2S3. The number of rotatable bonds is 4. The van der Waals surface area contributed by atoms with Crippen molar-refractivity contribution in [3.8, 4) is 0 Å². The van der Waals surface area contributed by atoms with E-state index in [1.165, 1.54) is 16.2 Å². The van der Waals surface area contributed by atoms with Crippen molar-refractivity contribution >= 4 is 85.9 Å². The summed E-state index contributed by atoms with van der Waals surface area (Å²) in [6.07, 6.45) is 3.21. The largest absolute Gasteiger partial charge is 0.300 e. The van der Waals surface area contributed by atoms with Gasteiger partial charge in [-0.3, -0.25) is 14.5 Å². The zero-order chi connectivity index (χ0) is 18.8. The Morgan fingerprint density at radius 2 is 2.19 bits per heavy atom. The fraction of sp³-hybridized carbons (Fsp3) is 0.125. The molecule has 0 bridgehead atoms. The number of thiazole rings is 1. The summed E-state index contributed by atoms with van der Waals surface area (Å²) in [5.41, 5.74) is 0.611. The Morgan fingerprint density at radius 1 is 1.42 bits per heavy atom. The topological polar surface area (TPSA) is 62.3 Å². The lowest BCUT2D eigenvalue weighted by Crippen LogP contribution is -2.44. The van der Waals surface area contributed by atoms with Crippen molar-refractivity contribution in [2.75, 3.05) is 5.32 Å². The molecule has 1 aromatic heterocycles. The van der Waals surface area contributed by atoms with Crippen molar-refractivity contribution in [3.05, 3.63) is 50.3 Å². The molecule has 0 saturated carbocycles. The Hall–Kier alpha value is -1.45. The number of benzene rings is 1. The number of amides is 2. The molecule has 1 atom stereocenters. The van der Waals surface area contributed by atoms with E-state index >= 15 is 0 Å². The van der Waals surface area contributed by atoms with Crippen molar-refractivity contribution in [2.45, 2.75) is 13.0 Å². The Bertz CT molecular complexity index is 915. The summed E-state index contributed by atoms with van der Waals surface area (Å²) in [6, 6.07) is 4.38. The monoisotopic (exact) mass is 443 g/mol. The second-order valence-electron chi connectivity index (χ2n) is 5.20. The van der Waals surface area contributed by atoms with Gasteiger partial charge in [-0.05, 0) is 24.6 Å². The molecule has 1 fully saturated rings. The van der Waals surface area contributed by atoms with E-state index in [1.807, 2.05) is 0 Å². The molecule has 134 valence electrons. The number of thiocarbonyl (C=S) groups is 1. The Balaban J connectivity index is 1.81. The maximum Gasteiger partial charge on any atom is 0.266 e. The smallest absolute Gasteiger partial charge is 0.266 e. The van der Waals surface area contributed by atoms with Gasteiger partial charge in [0.1, 0.15) is 10.4 Å².